The van der Waals surface area contributed by atoms with Gasteiger partial charge < -0.3 is 4.74 Å². The number of hydrogen-bond acceptors (Lipinski definition) is 4. The summed E-state index contributed by atoms with van der Waals surface area (Å²) in [6, 6.07) is 4.58. The van der Waals surface area contributed by atoms with E-state index in [0.29, 0.717) is 12.2 Å². The Balaban J connectivity index is 2.37. The molecule has 1 saturated carbocycles. The van der Waals surface area contributed by atoms with Gasteiger partial charge in [0.1, 0.15) is 5.02 Å². The molecule has 0 atom stereocenters. The molecule has 5 nitrogen and oxygen atoms in total. The highest BCUT2D eigenvalue weighted by molar-refractivity contribution is 6.32. The molecule has 0 heterocycles. The van der Waals surface area contributed by atoms with Crippen LogP contribution in [0.1, 0.15) is 25.3 Å². The zero-order valence-corrected chi connectivity index (χ0v) is 11.7. The number of carbonyl (C=O) groups excluding carboxylic acids is 1. The second-order valence-electron chi connectivity index (χ2n) is 4.55. The Kier molecular flexibility index (Phi) is 4.39. The summed E-state index contributed by atoms with van der Waals surface area (Å²) < 4.78 is 4.90. The summed E-state index contributed by atoms with van der Waals surface area (Å²) >= 11 is 5.79. The second-order valence-corrected chi connectivity index (χ2v) is 4.96. The van der Waals surface area contributed by atoms with E-state index in [2.05, 4.69) is 0 Å². The van der Waals surface area contributed by atoms with Crippen LogP contribution < -0.4 is 0 Å². The molecule has 0 radical (unpaired) electrons. The van der Waals surface area contributed by atoms with E-state index in [4.69, 9.17) is 16.3 Å². The molecule has 20 heavy (non-hydrogen) atoms. The third kappa shape index (κ3) is 3.36. The Hall–Kier alpha value is -1.88. The fourth-order valence-corrected chi connectivity index (χ4v) is 2.16. The fraction of sp³-hybridized carbons (Fsp3) is 0.357. The number of nitro benzene ring substituents is 1. The average Bonchev–Trinajstić information content (AvgIpc) is 3.21. The van der Waals surface area contributed by atoms with Crippen LogP contribution in [0.2, 0.25) is 5.02 Å². The molecule has 0 unspecified atom stereocenters. The van der Waals surface area contributed by atoms with E-state index in [1.807, 2.05) is 0 Å². The average molecular weight is 296 g/mol. The molecule has 0 aliphatic heterocycles. The van der Waals surface area contributed by atoms with Gasteiger partial charge in [0.25, 0.3) is 5.69 Å². The quantitative estimate of drug-likeness (QED) is 0.360. The van der Waals surface area contributed by atoms with Crippen molar-refractivity contribution in [1.82, 2.24) is 0 Å². The van der Waals surface area contributed by atoms with E-state index in [-0.39, 0.29) is 16.6 Å². The first kappa shape index (κ1) is 14.5. The van der Waals surface area contributed by atoms with Crippen LogP contribution >= 0.6 is 11.6 Å². The highest BCUT2D eigenvalue weighted by Crippen LogP contribution is 2.43. The number of rotatable bonds is 5. The maximum absolute atomic E-state index is 11.6. The summed E-state index contributed by atoms with van der Waals surface area (Å²) in [5.74, 6) is -0.160. The van der Waals surface area contributed by atoms with Crippen LogP contribution in [-0.4, -0.2) is 17.5 Å². The summed E-state index contributed by atoms with van der Waals surface area (Å²) in [4.78, 5) is 22.0. The van der Waals surface area contributed by atoms with Crippen LogP contribution in [0.15, 0.2) is 24.3 Å². The van der Waals surface area contributed by atoms with Crippen molar-refractivity contribution < 1.29 is 14.5 Å². The van der Waals surface area contributed by atoms with Gasteiger partial charge in [-0.25, -0.2) is 4.79 Å². The third-order valence-corrected chi connectivity index (χ3v) is 3.37. The van der Waals surface area contributed by atoms with Gasteiger partial charge in [-0.1, -0.05) is 17.7 Å². The number of esters is 1. The molecule has 0 N–H and O–H groups in total. The first-order chi connectivity index (χ1) is 9.52. The summed E-state index contributed by atoms with van der Waals surface area (Å²) in [5, 5.41) is 11.0. The summed E-state index contributed by atoms with van der Waals surface area (Å²) in [6.45, 7) is 2.03. The molecule has 0 bridgehead atoms. The number of halogens is 1. The molecule has 1 aromatic rings. The minimum atomic E-state index is -0.527. The SMILES string of the molecule is CCOC(=O)/C=C(/c1ccc(Cl)c([N+](=O)[O-])c1)C1CC1. The van der Waals surface area contributed by atoms with Crippen molar-refractivity contribution in [2.45, 2.75) is 19.8 Å². The molecule has 1 aliphatic carbocycles. The fourth-order valence-electron chi connectivity index (χ4n) is 1.97. The summed E-state index contributed by atoms with van der Waals surface area (Å²) in [7, 11) is 0. The van der Waals surface area contributed by atoms with Gasteiger partial charge >= 0.3 is 5.97 Å². The summed E-state index contributed by atoms with van der Waals surface area (Å²) in [6.07, 6.45) is 3.37. The number of hydrogen-bond donors (Lipinski definition) is 0. The topological polar surface area (TPSA) is 69.4 Å². The maximum atomic E-state index is 11.6. The Labute approximate surface area is 121 Å². The van der Waals surface area contributed by atoms with Crippen LogP contribution in [0.25, 0.3) is 5.57 Å². The molecule has 0 amide bonds. The Morgan fingerprint density at radius 3 is 2.80 bits per heavy atom. The Morgan fingerprint density at radius 1 is 1.55 bits per heavy atom. The first-order valence-electron chi connectivity index (χ1n) is 6.35. The Bertz CT molecular complexity index is 579. The molecule has 1 aliphatic rings. The number of nitrogens with zero attached hydrogens (tertiary/aromatic N) is 1. The third-order valence-electron chi connectivity index (χ3n) is 3.05. The predicted octanol–water partition coefficient (Wildman–Crippen LogP) is 3.60. The number of benzene rings is 1. The van der Waals surface area contributed by atoms with Crippen LogP contribution in [0.3, 0.4) is 0 Å². The van der Waals surface area contributed by atoms with E-state index >= 15 is 0 Å². The van der Waals surface area contributed by atoms with Crippen LogP contribution in [-0.2, 0) is 9.53 Å². The van der Waals surface area contributed by atoms with Crippen molar-refractivity contribution in [2.75, 3.05) is 6.61 Å². The van der Waals surface area contributed by atoms with E-state index < -0.39 is 10.9 Å². The molecule has 0 spiro atoms. The molecule has 106 valence electrons. The van der Waals surface area contributed by atoms with Crippen molar-refractivity contribution in [3.05, 3.63) is 45.0 Å². The van der Waals surface area contributed by atoms with Crippen molar-refractivity contribution >= 4 is 28.8 Å². The smallest absolute Gasteiger partial charge is 0.331 e. The monoisotopic (exact) mass is 295 g/mol. The molecule has 1 fully saturated rings. The zero-order valence-electron chi connectivity index (χ0n) is 11.0. The van der Waals surface area contributed by atoms with E-state index in [1.54, 1.807) is 13.0 Å². The lowest BCUT2D eigenvalue weighted by Crippen LogP contribution is -2.02. The molecule has 0 aromatic heterocycles. The van der Waals surface area contributed by atoms with Crippen molar-refractivity contribution in [1.29, 1.82) is 0 Å². The van der Waals surface area contributed by atoms with Gasteiger partial charge in [0.2, 0.25) is 0 Å². The maximum Gasteiger partial charge on any atom is 0.331 e. The molecular formula is C14H14ClNO4. The number of allylic oxidation sites excluding steroid dienone is 1. The van der Waals surface area contributed by atoms with E-state index in [1.165, 1.54) is 18.2 Å². The molecule has 2 rings (SSSR count). The highest BCUT2D eigenvalue weighted by atomic mass is 35.5. The van der Waals surface area contributed by atoms with Crippen molar-refractivity contribution in [2.24, 2.45) is 5.92 Å². The van der Waals surface area contributed by atoms with Gasteiger partial charge in [-0.2, -0.15) is 0 Å². The van der Waals surface area contributed by atoms with Gasteiger partial charge in [-0.3, -0.25) is 10.1 Å². The minimum absolute atomic E-state index is 0.0880. The molecule has 0 saturated heterocycles. The van der Waals surface area contributed by atoms with Crippen LogP contribution in [0.5, 0.6) is 0 Å². The standard InChI is InChI=1S/C14H14ClNO4/c1-2-20-14(17)8-11(9-3-4-9)10-5-6-12(15)13(7-10)16(18)19/h5-9H,2-4H2,1H3/b11-8+. The number of ether oxygens (including phenoxy) is 1. The lowest BCUT2D eigenvalue weighted by atomic mass is 10.0. The van der Waals surface area contributed by atoms with Gasteiger partial charge in [0.15, 0.2) is 0 Å². The first-order valence-corrected chi connectivity index (χ1v) is 6.73. The van der Waals surface area contributed by atoms with Crippen molar-refractivity contribution in [3.63, 3.8) is 0 Å². The summed E-state index contributed by atoms with van der Waals surface area (Å²) in [5.41, 5.74) is 1.28. The highest BCUT2D eigenvalue weighted by Gasteiger charge is 2.29. The predicted molar refractivity (Wildman–Crippen MR) is 75.4 cm³/mol. The van der Waals surface area contributed by atoms with E-state index in [9.17, 15) is 14.9 Å². The normalized spacial score (nSPS) is 15.0. The minimum Gasteiger partial charge on any atom is -0.463 e. The molecule has 1 aromatic carbocycles. The zero-order chi connectivity index (χ0) is 14.7. The van der Waals surface area contributed by atoms with Crippen LogP contribution in [0, 0.1) is 16.0 Å². The Morgan fingerprint density at radius 2 is 2.25 bits per heavy atom. The van der Waals surface area contributed by atoms with Gasteiger partial charge in [-0.15, -0.1) is 0 Å². The number of carbonyl (C=O) groups is 1. The van der Waals surface area contributed by atoms with E-state index in [0.717, 1.165) is 18.4 Å². The largest absolute Gasteiger partial charge is 0.463 e. The molecular weight excluding hydrogens is 282 g/mol. The van der Waals surface area contributed by atoms with Crippen LogP contribution in [0.4, 0.5) is 5.69 Å². The number of nitro groups is 1. The van der Waals surface area contributed by atoms with Gasteiger partial charge in [0, 0.05) is 12.1 Å². The van der Waals surface area contributed by atoms with Crippen molar-refractivity contribution in [3.8, 4) is 0 Å². The molecule has 6 heteroatoms. The van der Waals surface area contributed by atoms with Gasteiger partial charge in [0.05, 0.1) is 11.5 Å². The lowest BCUT2D eigenvalue weighted by molar-refractivity contribution is -0.384. The second kappa shape index (κ2) is 6.05. The van der Waals surface area contributed by atoms with Gasteiger partial charge in [-0.05, 0) is 42.9 Å². The lowest BCUT2D eigenvalue weighted by Gasteiger charge is -2.07.